The first kappa shape index (κ1) is 12.9. The van der Waals surface area contributed by atoms with Gasteiger partial charge in [0.05, 0.1) is 6.04 Å². The molecule has 1 nitrogen and oxygen atoms in total. The summed E-state index contributed by atoms with van der Waals surface area (Å²) in [6.45, 7) is 7.30. The Bertz CT molecular complexity index is 413. The second-order valence-corrected chi connectivity index (χ2v) is 6.21. The van der Waals surface area contributed by atoms with Crippen molar-refractivity contribution in [3.05, 3.63) is 29.8 Å². The van der Waals surface area contributed by atoms with Crippen molar-refractivity contribution in [1.82, 2.24) is 0 Å². The Morgan fingerprint density at radius 3 is 2.65 bits per heavy atom. The van der Waals surface area contributed by atoms with Crippen LogP contribution in [0.5, 0.6) is 0 Å². The summed E-state index contributed by atoms with van der Waals surface area (Å²) in [6, 6.07) is 9.78. The van der Waals surface area contributed by atoms with Crippen LogP contribution in [0.3, 0.4) is 0 Å². The Kier molecular flexibility index (Phi) is 3.26. The molecule has 0 bridgehead atoms. The molecule has 0 aromatic heterocycles. The standard InChI is InChI=1S/C15H21N.ClH/c1-10-8-9-12-14(10)16-13-7-5-4-6-11(13)15(12,2)3;/h4-7,10,12,14,16H,8-9H2,1-3H3;1H/t10-,12+,14+;/m0./s1. The van der Waals surface area contributed by atoms with Crippen molar-refractivity contribution in [3.8, 4) is 0 Å². The van der Waals surface area contributed by atoms with E-state index in [-0.39, 0.29) is 12.4 Å². The highest BCUT2D eigenvalue weighted by atomic mass is 35.5. The molecule has 0 radical (unpaired) electrons. The van der Waals surface area contributed by atoms with Crippen molar-refractivity contribution in [2.45, 2.75) is 45.1 Å². The van der Waals surface area contributed by atoms with Crippen molar-refractivity contribution in [3.63, 3.8) is 0 Å². The maximum absolute atomic E-state index is 2.54. The zero-order valence-electron chi connectivity index (χ0n) is 10.9. The highest BCUT2D eigenvalue weighted by Crippen LogP contribution is 2.47. The maximum Gasteiger partial charge on any atom is 0.133 e. The van der Waals surface area contributed by atoms with Crippen LogP contribution in [-0.4, -0.2) is 6.04 Å². The molecule has 2 heteroatoms. The number of fused-ring (bicyclic) bond motifs is 2. The van der Waals surface area contributed by atoms with Gasteiger partial charge in [-0.1, -0.05) is 39.0 Å². The number of hydrogen-bond donors (Lipinski definition) is 1. The molecule has 3 atom stereocenters. The summed E-state index contributed by atoms with van der Waals surface area (Å²) in [5.74, 6) is 1.73. The summed E-state index contributed by atoms with van der Waals surface area (Å²) < 4.78 is 0. The summed E-state index contributed by atoms with van der Waals surface area (Å²) in [7, 11) is 0. The molecule has 1 heterocycles. The summed E-state index contributed by atoms with van der Waals surface area (Å²) in [5.41, 5.74) is 3.41. The van der Waals surface area contributed by atoms with Crippen molar-refractivity contribution in [2.24, 2.45) is 11.8 Å². The molecule has 0 unspecified atom stereocenters. The molecule has 0 saturated heterocycles. The fourth-order valence-corrected chi connectivity index (χ4v) is 3.98. The molecule has 1 saturated carbocycles. The number of benzene rings is 1. The van der Waals surface area contributed by atoms with Crippen LogP contribution in [0.1, 0.15) is 39.2 Å². The van der Waals surface area contributed by atoms with Gasteiger partial charge in [-0.3, -0.25) is 0 Å². The summed E-state index contributed by atoms with van der Waals surface area (Å²) in [5, 5.41) is 2.54. The predicted molar refractivity (Wildman–Crippen MR) is 66.7 cm³/mol. The Labute approximate surface area is 110 Å². The summed E-state index contributed by atoms with van der Waals surface area (Å²) in [6.07, 6.45) is 2.81. The average Bonchev–Trinajstić information content (AvgIpc) is 2.62. The minimum absolute atomic E-state index is 0. The third-order valence-corrected chi connectivity index (χ3v) is 5.01. The van der Waals surface area contributed by atoms with Crippen LogP contribution >= 0.6 is 0 Å². The second kappa shape index (κ2) is 4.29. The van der Waals surface area contributed by atoms with Gasteiger partial charge in [0.1, 0.15) is 5.69 Å². The first-order valence-electron chi connectivity index (χ1n) is 6.55. The van der Waals surface area contributed by atoms with Gasteiger partial charge in [0, 0.05) is 22.8 Å². The van der Waals surface area contributed by atoms with E-state index in [9.17, 15) is 0 Å². The molecular weight excluding hydrogens is 230 g/mol. The lowest BCUT2D eigenvalue weighted by atomic mass is 9.67. The molecule has 1 fully saturated rings. The van der Waals surface area contributed by atoms with E-state index in [4.69, 9.17) is 0 Å². The fourth-order valence-electron chi connectivity index (χ4n) is 3.98. The van der Waals surface area contributed by atoms with Crippen LogP contribution in [-0.2, 0) is 5.41 Å². The van der Waals surface area contributed by atoms with E-state index in [1.54, 1.807) is 5.56 Å². The van der Waals surface area contributed by atoms with E-state index in [1.807, 2.05) is 0 Å². The van der Waals surface area contributed by atoms with E-state index < -0.39 is 0 Å². The number of rotatable bonds is 0. The van der Waals surface area contributed by atoms with E-state index in [0.717, 1.165) is 17.9 Å². The lowest BCUT2D eigenvalue weighted by Crippen LogP contribution is -3.00. The van der Waals surface area contributed by atoms with Gasteiger partial charge in [-0.15, -0.1) is 0 Å². The SMILES string of the molecule is C[C@H]1CC[C@@H]2[C@@H]1[NH2+]c1ccccc1C2(C)C.[Cl-]. The highest BCUT2D eigenvalue weighted by molar-refractivity contribution is 5.46. The summed E-state index contributed by atoms with van der Waals surface area (Å²) in [4.78, 5) is 0. The van der Waals surface area contributed by atoms with Gasteiger partial charge in [0.25, 0.3) is 0 Å². The molecule has 1 aromatic rings. The van der Waals surface area contributed by atoms with Crippen LogP contribution in [0, 0.1) is 11.8 Å². The molecule has 2 aliphatic rings. The van der Waals surface area contributed by atoms with Gasteiger partial charge in [0.2, 0.25) is 0 Å². The Morgan fingerprint density at radius 2 is 1.88 bits per heavy atom. The first-order chi connectivity index (χ1) is 7.60. The number of para-hydroxylation sites is 1. The van der Waals surface area contributed by atoms with Crippen molar-refractivity contribution >= 4 is 5.69 Å². The first-order valence-corrected chi connectivity index (χ1v) is 6.55. The molecule has 0 amide bonds. The third-order valence-electron chi connectivity index (χ3n) is 5.01. The van der Waals surface area contributed by atoms with Crippen molar-refractivity contribution < 1.29 is 17.7 Å². The lowest BCUT2D eigenvalue weighted by molar-refractivity contribution is -0.630. The van der Waals surface area contributed by atoms with Crippen molar-refractivity contribution in [1.29, 1.82) is 0 Å². The minimum atomic E-state index is 0. The number of hydrogen-bond acceptors (Lipinski definition) is 0. The number of halogens is 1. The van der Waals surface area contributed by atoms with E-state index in [0.29, 0.717) is 5.41 Å². The largest absolute Gasteiger partial charge is 1.00 e. The molecule has 2 N–H and O–H groups in total. The highest BCUT2D eigenvalue weighted by Gasteiger charge is 2.50. The van der Waals surface area contributed by atoms with Gasteiger partial charge in [-0.05, 0) is 18.9 Å². The predicted octanol–water partition coefficient (Wildman–Crippen LogP) is -0.409. The minimum Gasteiger partial charge on any atom is -1.00 e. The van der Waals surface area contributed by atoms with Gasteiger partial charge < -0.3 is 17.7 Å². The molecule has 17 heavy (non-hydrogen) atoms. The monoisotopic (exact) mass is 251 g/mol. The zero-order valence-corrected chi connectivity index (χ0v) is 11.7. The number of nitrogens with two attached hydrogens (primary N) is 1. The van der Waals surface area contributed by atoms with Gasteiger partial charge in [-0.25, -0.2) is 0 Å². The van der Waals surface area contributed by atoms with Crippen LogP contribution in [0.4, 0.5) is 5.69 Å². The molecule has 1 aromatic carbocycles. The quantitative estimate of drug-likeness (QED) is 0.604. The van der Waals surface area contributed by atoms with Gasteiger partial charge in [0.15, 0.2) is 0 Å². The van der Waals surface area contributed by atoms with E-state index >= 15 is 0 Å². The van der Waals surface area contributed by atoms with Crippen molar-refractivity contribution in [2.75, 3.05) is 0 Å². The van der Waals surface area contributed by atoms with Crippen LogP contribution < -0.4 is 17.7 Å². The van der Waals surface area contributed by atoms with E-state index in [1.165, 1.54) is 18.5 Å². The average molecular weight is 252 g/mol. The molecule has 0 spiro atoms. The third kappa shape index (κ3) is 1.80. The zero-order chi connectivity index (χ0) is 11.3. The van der Waals surface area contributed by atoms with E-state index in [2.05, 4.69) is 50.4 Å². The maximum atomic E-state index is 2.54. The molecular formula is C15H22ClN. The topological polar surface area (TPSA) is 16.6 Å². The molecule has 3 rings (SSSR count). The molecule has 1 aliphatic heterocycles. The molecule has 1 aliphatic carbocycles. The Balaban J connectivity index is 0.00000108. The molecule has 94 valence electrons. The smallest absolute Gasteiger partial charge is 0.133 e. The van der Waals surface area contributed by atoms with Crippen LogP contribution in [0.2, 0.25) is 0 Å². The van der Waals surface area contributed by atoms with Gasteiger partial charge >= 0.3 is 0 Å². The van der Waals surface area contributed by atoms with Crippen LogP contribution in [0.15, 0.2) is 24.3 Å². The number of quaternary nitrogens is 1. The normalized spacial score (nSPS) is 33.5. The Hall–Kier alpha value is -0.530. The summed E-state index contributed by atoms with van der Waals surface area (Å²) >= 11 is 0. The van der Waals surface area contributed by atoms with Gasteiger partial charge in [-0.2, -0.15) is 0 Å². The van der Waals surface area contributed by atoms with Crippen LogP contribution in [0.25, 0.3) is 0 Å². The Morgan fingerprint density at radius 1 is 1.18 bits per heavy atom. The fraction of sp³-hybridized carbons (Fsp3) is 0.600. The lowest BCUT2D eigenvalue weighted by Gasteiger charge is -2.40. The second-order valence-electron chi connectivity index (χ2n) is 6.21.